The van der Waals surface area contributed by atoms with E-state index in [9.17, 15) is 9.59 Å². The second-order valence-corrected chi connectivity index (χ2v) is 5.08. The molecule has 2 N–H and O–H groups in total. The van der Waals surface area contributed by atoms with Crippen molar-refractivity contribution in [2.75, 3.05) is 25.0 Å². The Morgan fingerprint density at radius 1 is 1.67 bits per heavy atom. The van der Waals surface area contributed by atoms with Gasteiger partial charge in [0.05, 0.1) is 13.2 Å². The molecule has 2 rings (SSSR count). The normalized spacial score (nSPS) is 19.6. The van der Waals surface area contributed by atoms with Crippen LogP contribution in [0.25, 0.3) is 0 Å². The molecule has 2 amide bonds. The van der Waals surface area contributed by atoms with Gasteiger partial charge in [0.15, 0.2) is 11.2 Å². The Balaban J connectivity index is 1.94. The van der Waals surface area contributed by atoms with Crippen LogP contribution in [0.2, 0.25) is 0 Å². The molecule has 1 fully saturated rings. The van der Waals surface area contributed by atoms with Gasteiger partial charge in [0.2, 0.25) is 0 Å². The fourth-order valence-electron chi connectivity index (χ4n) is 1.57. The molecule has 8 heteroatoms. The van der Waals surface area contributed by atoms with E-state index in [4.69, 9.17) is 9.84 Å². The number of thiazole rings is 1. The van der Waals surface area contributed by atoms with E-state index in [1.165, 1.54) is 16.2 Å². The van der Waals surface area contributed by atoms with Gasteiger partial charge in [-0.1, -0.05) is 0 Å². The van der Waals surface area contributed by atoms with Gasteiger partial charge in [0, 0.05) is 17.6 Å². The largest absolute Gasteiger partial charge is 0.479 e. The van der Waals surface area contributed by atoms with Crippen LogP contribution in [0, 0.1) is 6.92 Å². The lowest BCUT2D eigenvalue weighted by molar-refractivity contribution is -0.154. The standard InChI is InChI=1S/C10H13N3O4S/c1-6-4-11-9(18-6)12-10(16)13-2-3-17-7(5-13)8(14)15/h4,7H,2-3,5H2,1H3,(H,14,15)(H,11,12,16). The fraction of sp³-hybridized carbons (Fsp3) is 0.500. The van der Waals surface area contributed by atoms with Gasteiger partial charge in [-0.2, -0.15) is 0 Å². The summed E-state index contributed by atoms with van der Waals surface area (Å²) in [4.78, 5) is 29.1. The minimum atomic E-state index is -1.06. The Hall–Kier alpha value is -1.67. The van der Waals surface area contributed by atoms with Gasteiger partial charge in [-0.15, -0.1) is 11.3 Å². The molecule has 0 aromatic carbocycles. The zero-order chi connectivity index (χ0) is 13.1. The molecule has 1 unspecified atom stereocenters. The smallest absolute Gasteiger partial charge is 0.334 e. The summed E-state index contributed by atoms with van der Waals surface area (Å²) in [7, 11) is 0. The topological polar surface area (TPSA) is 91.8 Å². The number of aromatic nitrogens is 1. The zero-order valence-electron chi connectivity index (χ0n) is 9.75. The molecule has 1 saturated heterocycles. The first-order valence-electron chi connectivity index (χ1n) is 5.39. The highest BCUT2D eigenvalue weighted by atomic mass is 32.1. The van der Waals surface area contributed by atoms with E-state index in [1.807, 2.05) is 6.92 Å². The minimum absolute atomic E-state index is 0.0471. The number of rotatable bonds is 2. The lowest BCUT2D eigenvalue weighted by atomic mass is 10.3. The molecule has 0 saturated carbocycles. The van der Waals surface area contributed by atoms with Gasteiger partial charge in [-0.3, -0.25) is 5.32 Å². The molecular formula is C10H13N3O4S. The lowest BCUT2D eigenvalue weighted by Gasteiger charge is -2.30. The first-order valence-corrected chi connectivity index (χ1v) is 6.20. The van der Waals surface area contributed by atoms with Crippen molar-refractivity contribution < 1.29 is 19.4 Å². The van der Waals surface area contributed by atoms with Gasteiger partial charge in [0.1, 0.15) is 0 Å². The molecule has 98 valence electrons. The van der Waals surface area contributed by atoms with E-state index in [0.29, 0.717) is 11.7 Å². The summed E-state index contributed by atoms with van der Waals surface area (Å²) in [5, 5.41) is 12.0. The molecule has 1 aromatic rings. The van der Waals surface area contributed by atoms with Crippen molar-refractivity contribution in [1.82, 2.24) is 9.88 Å². The first kappa shape index (κ1) is 12.8. The molecule has 18 heavy (non-hydrogen) atoms. The third-order valence-electron chi connectivity index (χ3n) is 2.46. The maximum atomic E-state index is 11.9. The summed E-state index contributed by atoms with van der Waals surface area (Å²) in [6.07, 6.45) is 0.710. The van der Waals surface area contributed by atoms with Crippen LogP contribution >= 0.6 is 11.3 Å². The molecule has 7 nitrogen and oxygen atoms in total. The molecule has 2 heterocycles. The molecule has 0 spiro atoms. The predicted molar refractivity (Wildman–Crippen MR) is 64.8 cm³/mol. The van der Waals surface area contributed by atoms with Crippen molar-refractivity contribution in [1.29, 1.82) is 0 Å². The third-order valence-corrected chi connectivity index (χ3v) is 3.29. The Morgan fingerprint density at radius 2 is 2.44 bits per heavy atom. The second-order valence-electron chi connectivity index (χ2n) is 3.85. The van der Waals surface area contributed by atoms with Crippen molar-refractivity contribution in [2.45, 2.75) is 13.0 Å². The van der Waals surface area contributed by atoms with Gasteiger partial charge in [-0.25, -0.2) is 14.6 Å². The fourth-order valence-corrected chi connectivity index (χ4v) is 2.22. The zero-order valence-corrected chi connectivity index (χ0v) is 10.6. The minimum Gasteiger partial charge on any atom is -0.479 e. The summed E-state index contributed by atoms with van der Waals surface area (Å²) in [6.45, 7) is 2.54. The number of aryl methyl sites for hydroxylation is 1. The van der Waals surface area contributed by atoms with Crippen LogP contribution in [0.3, 0.4) is 0 Å². The Bertz CT molecular complexity index is 462. The maximum Gasteiger partial charge on any atom is 0.334 e. The monoisotopic (exact) mass is 271 g/mol. The van der Waals surface area contributed by atoms with Crippen molar-refractivity contribution >= 4 is 28.5 Å². The SMILES string of the molecule is Cc1cnc(NC(=O)N2CCOC(C(=O)O)C2)s1. The number of urea groups is 1. The Morgan fingerprint density at radius 3 is 3.06 bits per heavy atom. The highest BCUT2D eigenvalue weighted by Gasteiger charge is 2.29. The van der Waals surface area contributed by atoms with Crippen LogP contribution in [0.4, 0.5) is 9.93 Å². The van der Waals surface area contributed by atoms with Gasteiger partial charge in [-0.05, 0) is 6.92 Å². The van der Waals surface area contributed by atoms with Crippen LogP contribution in [-0.4, -0.2) is 52.8 Å². The number of nitrogens with zero attached hydrogens (tertiary/aromatic N) is 2. The average molecular weight is 271 g/mol. The average Bonchev–Trinajstić information content (AvgIpc) is 2.75. The first-order chi connectivity index (χ1) is 8.56. The van der Waals surface area contributed by atoms with Gasteiger partial charge in [0.25, 0.3) is 0 Å². The van der Waals surface area contributed by atoms with Gasteiger partial charge >= 0.3 is 12.0 Å². The summed E-state index contributed by atoms with van der Waals surface area (Å²) < 4.78 is 5.04. The van der Waals surface area contributed by atoms with Gasteiger partial charge < -0.3 is 14.7 Å². The number of nitrogens with one attached hydrogen (secondary N) is 1. The number of carboxylic acid groups (broad SMARTS) is 1. The number of anilines is 1. The van der Waals surface area contributed by atoms with Crippen molar-refractivity contribution in [3.05, 3.63) is 11.1 Å². The lowest BCUT2D eigenvalue weighted by Crippen LogP contribution is -2.49. The number of aliphatic carboxylic acids is 1. The third kappa shape index (κ3) is 2.96. The molecule has 1 aliphatic rings. The summed E-state index contributed by atoms with van der Waals surface area (Å²) >= 11 is 1.37. The van der Waals surface area contributed by atoms with E-state index >= 15 is 0 Å². The van der Waals surface area contributed by atoms with E-state index in [1.54, 1.807) is 6.20 Å². The molecule has 1 atom stereocenters. The van der Waals surface area contributed by atoms with Crippen LogP contribution < -0.4 is 5.32 Å². The van der Waals surface area contributed by atoms with E-state index in [2.05, 4.69) is 10.3 Å². The van der Waals surface area contributed by atoms with E-state index in [-0.39, 0.29) is 19.2 Å². The second kappa shape index (κ2) is 5.32. The van der Waals surface area contributed by atoms with Crippen LogP contribution in [0.15, 0.2) is 6.20 Å². The Labute approximate surface area is 107 Å². The highest BCUT2D eigenvalue weighted by molar-refractivity contribution is 7.15. The number of morpholine rings is 1. The number of hydrogen-bond acceptors (Lipinski definition) is 5. The molecule has 1 aromatic heterocycles. The van der Waals surface area contributed by atoms with Crippen molar-refractivity contribution in [3.63, 3.8) is 0 Å². The molecule has 1 aliphatic heterocycles. The van der Waals surface area contributed by atoms with E-state index in [0.717, 1.165) is 4.88 Å². The number of carboxylic acids is 1. The molecule has 0 radical (unpaired) electrons. The molecule has 0 aliphatic carbocycles. The maximum absolute atomic E-state index is 11.9. The summed E-state index contributed by atoms with van der Waals surface area (Å²) in [5.41, 5.74) is 0. The van der Waals surface area contributed by atoms with Crippen molar-refractivity contribution in [3.8, 4) is 0 Å². The predicted octanol–water partition coefficient (Wildman–Crippen LogP) is 0.769. The van der Waals surface area contributed by atoms with Crippen LogP contribution in [-0.2, 0) is 9.53 Å². The number of amides is 2. The quantitative estimate of drug-likeness (QED) is 0.829. The Kier molecular flexibility index (Phi) is 3.78. The van der Waals surface area contributed by atoms with Crippen molar-refractivity contribution in [2.24, 2.45) is 0 Å². The van der Waals surface area contributed by atoms with E-state index < -0.39 is 12.1 Å². The number of hydrogen-bond donors (Lipinski definition) is 2. The van der Waals surface area contributed by atoms with Crippen LogP contribution in [0.1, 0.15) is 4.88 Å². The molecule has 0 bridgehead atoms. The molecular weight excluding hydrogens is 258 g/mol. The number of ether oxygens (including phenoxy) is 1. The number of carbonyl (C=O) groups excluding carboxylic acids is 1. The summed E-state index contributed by atoms with van der Waals surface area (Å²) in [6, 6.07) is -0.348. The van der Waals surface area contributed by atoms with Crippen LogP contribution in [0.5, 0.6) is 0 Å². The highest BCUT2D eigenvalue weighted by Crippen LogP contribution is 2.17. The number of carbonyl (C=O) groups is 2. The summed E-state index contributed by atoms with van der Waals surface area (Å²) in [5.74, 6) is -1.06.